The van der Waals surface area contributed by atoms with E-state index in [4.69, 9.17) is 19.7 Å². The van der Waals surface area contributed by atoms with E-state index >= 15 is 0 Å². The summed E-state index contributed by atoms with van der Waals surface area (Å²) in [5.74, 6) is 3.72. The quantitative estimate of drug-likeness (QED) is 0.180. The number of fused-ring (bicyclic) bond motifs is 12. The standard InChI is InChI=1S/C50H30N4OS/c1-4-16-31(17-5-1)47-51-48(32-18-6-2-7-19-32)53-49(52-47)33-28-29-37-42(30-33)56-46-43(37)44-45(50(46)38-24-12-10-22-35(38)36-23-11-13-25-39(36)50)55-41-27-15-14-26-40(41)54(44)34-20-8-3-9-21-34/h1-30H. The third kappa shape index (κ3) is 4.33. The van der Waals surface area contributed by atoms with Crippen molar-refractivity contribution in [2.75, 3.05) is 4.90 Å². The number of hydrogen-bond acceptors (Lipinski definition) is 6. The summed E-state index contributed by atoms with van der Waals surface area (Å²) in [6.07, 6.45) is 0. The maximum absolute atomic E-state index is 7.27. The van der Waals surface area contributed by atoms with E-state index in [1.165, 1.54) is 38.1 Å². The van der Waals surface area contributed by atoms with E-state index in [0.29, 0.717) is 17.5 Å². The van der Waals surface area contributed by atoms with Crippen LogP contribution in [0.4, 0.5) is 11.4 Å². The lowest BCUT2D eigenvalue weighted by Gasteiger charge is -2.37. The summed E-state index contributed by atoms with van der Waals surface area (Å²) in [6.45, 7) is 0. The average molecular weight is 735 g/mol. The van der Waals surface area contributed by atoms with Crippen LogP contribution in [0.15, 0.2) is 188 Å². The maximum atomic E-state index is 7.27. The highest BCUT2D eigenvalue weighted by Crippen LogP contribution is 2.67. The van der Waals surface area contributed by atoms with Crippen molar-refractivity contribution >= 4 is 38.5 Å². The number of anilines is 2. The van der Waals surface area contributed by atoms with Gasteiger partial charge in [-0.05, 0) is 52.6 Å². The molecule has 0 unspecified atom stereocenters. The summed E-state index contributed by atoms with van der Waals surface area (Å²) < 4.78 is 8.43. The van der Waals surface area contributed by atoms with Gasteiger partial charge < -0.3 is 9.64 Å². The molecule has 5 nitrogen and oxygen atoms in total. The number of allylic oxidation sites excluding steroid dienone is 1. The Balaban J connectivity index is 1.14. The minimum Gasteiger partial charge on any atom is -0.456 e. The van der Waals surface area contributed by atoms with E-state index in [9.17, 15) is 0 Å². The molecule has 56 heavy (non-hydrogen) atoms. The maximum Gasteiger partial charge on any atom is 0.164 e. The Kier molecular flexibility index (Phi) is 6.65. The van der Waals surface area contributed by atoms with Crippen LogP contribution in [0.1, 0.15) is 21.6 Å². The Morgan fingerprint density at radius 3 is 1.68 bits per heavy atom. The van der Waals surface area contributed by atoms with Crippen LogP contribution in [0.3, 0.4) is 0 Å². The van der Waals surface area contributed by atoms with Crippen molar-refractivity contribution in [3.05, 3.63) is 209 Å². The molecule has 7 aromatic carbocycles. The molecule has 262 valence electrons. The highest BCUT2D eigenvalue weighted by atomic mass is 32.1. The smallest absolute Gasteiger partial charge is 0.164 e. The molecule has 0 radical (unpaired) electrons. The zero-order valence-electron chi connectivity index (χ0n) is 29.9. The summed E-state index contributed by atoms with van der Waals surface area (Å²) >= 11 is 1.84. The summed E-state index contributed by atoms with van der Waals surface area (Å²) in [5, 5.41) is 1.17. The minimum absolute atomic E-state index is 0.639. The van der Waals surface area contributed by atoms with Gasteiger partial charge in [-0.3, -0.25) is 0 Å². The van der Waals surface area contributed by atoms with Crippen molar-refractivity contribution < 1.29 is 4.74 Å². The fourth-order valence-corrected chi connectivity index (χ4v) is 10.4. The fraction of sp³-hybridized carbons (Fsp3) is 0.0200. The molecule has 1 aliphatic heterocycles. The lowest BCUT2D eigenvalue weighted by Crippen LogP contribution is -2.32. The monoisotopic (exact) mass is 734 g/mol. The zero-order chi connectivity index (χ0) is 36.8. The molecule has 0 amide bonds. The molecular formula is C50H30N4OS. The highest BCUT2D eigenvalue weighted by molar-refractivity contribution is 7.19. The van der Waals surface area contributed by atoms with Gasteiger partial charge >= 0.3 is 0 Å². The van der Waals surface area contributed by atoms with Gasteiger partial charge in [0, 0.05) is 42.9 Å². The van der Waals surface area contributed by atoms with E-state index in [-0.39, 0.29) is 0 Å². The number of ether oxygens (including phenoxy) is 1. The van der Waals surface area contributed by atoms with Gasteiger partial charge in [-0.2, -0.15) is 0 Å². The molecule has 0 atom stereocenters. The van der Waals surface area contributed by atoms with E-state index in [1.807, 2.05) is 72.0 Å². The van der Waals surface area contributed by atoms with Gasteiger partial charge in [0.1, 0.15) is 11.2 Å². The number of rotatable bonds is 4. The Hall–Kier alpha value is -7.15. The minimum atomic E-state index is -0.656. The number of nitrogens with zero attached hydrogens (tertiary/aromatic N) is 4. The topological polar surface area (TPSA) is 51.1 Å². The van der Waals surface area contributed by atoms with Crippen LogP contribution in [-0.2, 0) is 5.41 Å². The van der Waals surface area contributed by atoms with Gasteiger partial charge in [0.15, 0.2) is 23.2 Å². The SMILES string of the molecule is c1ccc(-c2nc(-c3ccccc3)nc(-c3ccc4c5c(sc4c3)C3(C4=C5N(c5ccccc5)c5ccccc5O4)c4ccccc4-c4ccccc43)n2)cc1. The summed E-state index contributed by atoms with van der Waals surface area (Å²) in [4.78, 5) is 18.8. The molecule has 2 aromatic heterocycles. The van der Waals surface area contributed by atoms with Crippen molar-refractivity contribution in [1.82, 2.24) is 15.0 Å². The van der Waals surface area contributed by atoms with E-state index in [1.54, 1.807) is 0 Å². The van der Waals surface area contributed by atoms with Crippen molar-refractivity contribution in [2.45, 2.75) is 5.41 Å². The molecule has 3 aliphatic rings. The van der Waals surface area contributed by atoms with Crippen LogP contribution in [-0.4, -0.2) is 15.0 Å². The van der Waals surface area contributed by atoms with E-state index < -0.39 is 5.41 Å². The molecular weight excluding hydrogens is 705 g/mol. The first-order valence-electron chi connectivity index (χ1n) is 18.8. The first-order chi connectivity index (χ1) is 27.8. The second-order valence-electron chi connectivity index (χ2n) is 14.3. The number of hydrogen-bond donors (Lipinski definition) is 0. The molecule has 1 spiro atoms. The second-order valence-corrected chi connectivity index (χ2v) is 15.4. The number of thiophene rings is 1. The predicted octanol–water partition coefficient (Wildman–Crippen LogP) is 12.3. The number of aromatic nitrogens is 3. The lowest BCUT2D eigenvalue weighted by molar-refractivity contribution is 0.371. The number of benzene rings is 7. The normalized spacial score (nSPS) is 14.2. The Morgan fingerprint density at radius 2 is 1.04 bits per heavy atom. The third-order valence-corrected chi connectivity index (χ3v) is 12.6. The summed E-state index contributed by atoms with van der Waals surface area (Å²) in [6, 6.07) is 63.8. The van der Waals surface area contributed by atoms with Crippen LogP contribution in [0.5, 0.6) is 5.75 Å². The zero-order valence-corrected chi connectivity index (χ0v) is 30.7. The van der Waals surface area contributed by atoms with E-state index in [2.05, 4.69) is 126 Å². The van der Waals surface area contributed by atoms with E-state index in [0.717, 1.165) is 50.0 Å². The Labute approximate surface area is 327 Å². The summed E-state index contributed by atoms with van der Waals surface area (Å²) in [7, 11) is 0. The second kappa shape index (κ2) is 11.9. The first-order valence-corrected chi connectivity index (χ1v) is 19.6. The van der Waals surface area contributed by atoms with Crippen molar-refractivity contribution in [2.24, 2.45) is 0 Å². The van der Waals surface area contributed by atoms with Crippen LogP contribution < -0.4 is 9.64 Å². The predicted molar refractivity (Wildman–Crippen MR) is 226 cm³/mol. The van der Waals surface area contributed by atoms with Crippen LogP contribution in [0.2, 0.25) is 0 Å². The van der Waals surface area contributed by atoms with Crippen LogP contribution in [0.25, 0.3) is 61.1 Å². The van der Waals surface area contributed by atoms with Gasteiger partial charge in [-0.25, -0.2) is 15.0 Å². The number of para-hydroxylation sites is 3. The van der Waals surface area contributed by atoms with Gasteiger partial charge in [-0.1, -0.05) is 152 Å². The first kappa shape index (κ1) is 31.2. The Bertz CT molecular complexity index is 2960. The molecule has 0 saturated carbocycles. The molecule has 3 heterocycles. The molecule has 2 aliphatic carbocycles. The van der Waals surface area contributed by atoms with Crippen molar-refractivity contribution in [1.29, 1.82) is 0 Å². The average Bonchev–Trinajstić information content (AvgIpc) is 3.89. The molecule has 12 rings (SSSR count). The van der Waals surface area contributed by atoms with Gasteiger partial charge in [0.25, 0.3) is 0 Å². The van der Waals surface area contributed by atoms with Crippen LogP contribution >= 0.6 is 11.3 Å². The molecule has 0 N–H and O–H groups in total. The van der Waals surface area contributed by atoms with Gasteiger partial charge in [0.05, 0.1) is 11.4 Å². The fourth-order valence-electron chi connectivity index (χ4n) is 8.93. The largest absolute Gasteiger partial charge is 0.456 e. The summed E-state index contributed by atoms with van der Waals surface area (Å²) in [5.41, 5.74) is 11.5. The van der Waals surface area contributed by atoms with Gasteiger partial charge in [-0.15, -0.1) is 11.3 Å². The molecule has 0 fully saturated rings. The third-order valence-electron chi connectivity index (χ3n) is 11.3. The Morgan fingerprint density at radius 1 is 0.500 bits per heavy atom. The molecule has 0 saturated heterocycles. The van der Waals surface area contributed by atoms with Crippen molar-refractivity contribution in [3.8, 4) is 51.0 Å². The lowest BCUT2D eigenvalue weighted by atomic mass is 9.77. The molecule has 9 aromatic rings. The van der Waals surface area contributed by atoms with Gasteiger partial charge in [0.2, 0.25) is 0 Å². The van der Waals surface area contributed by atoms with Crippen LogP contribution in [0, 0.1) is 0 Å². The van der Waals surface area contributed by atoms with Crippen molar-refractivity contribution in [3.63, 3.8) is 0 Å². The molecule has 0 bridgehead atoms. The molecule has 6 heteroatoms. The highest BCUT2D eigenvalue weighted by Gasteiger charge is 2.59.